The van der Waals surface area contributed by atoms with E-state index in [1.807, 2.05) is 0 Å². The third kappa shape index (κ3) is 1.38. The Morgan fingerprint density at radius 2 is 1.81 bits per heavy atom. The van der Waals surface area contributed by atoms with Gasteiger partial charge < -0.3 is 5.32 Å². The van der Waals surface area contributed by atoms with Crippen molar-refractivity contribution in [3.05, 3.63) is 0 Å². The zero-order valence-corrected chi connectivity index (χ0v) is 11.5. The zero-order chi connectivity index (χ0) is 12.4. The van der Waals surface area contributed by atoms with Crippen molar-refractivity contribution in [2.24, 2.45) is 16.7 Å². The van der Waals surface area contributed by atoms with E-state index in [2.05, 4.69) is 46.9 Å². The molecule has 2 aliphatic rings. The Bertz CT molecular complexity index is 326. The molecular weight excluding hydrogens is 198 g/mol. The molecule has 2 bridgehead atoms. The first-order chi connectivity index (χ1) is 7.09. The summed E-state index contributed by atoms with van der Waals surface area (Å²) in [6.07, 6.45) is 2.27. The summed E-state index contributed by atoms with van der Waals surface area (Å²) in [5.41, 5.74) is 0.0881. The van der Waals surface area contributed by atoms with Crippen molar-refractivity contribution in [2.45, 2.75) is 66.0 Å². The van der Waals surface area contributed by atoms with Gasteiger partial charge in [0.05, 0.1) is 6.04 Å². The van der Waals surface area contributed by atoms with Gasteiger partial charge in [-0.2, -0.15) is 0 Å². The van der Waals surface area contributed by atoms with E-state index in [0.717, 1.165) is 6.42 Å². The van der Waals surface area contributed by atoms with Gasteiger partial charge in [-0.05, 0) is 44.9 Å². The van der Waals surface area contributed by atoms with E-state index >= 15 is 0 Å². The van der Waals surface area contributed by atoms with Gasteiger partial charge in [0, 0.05) is 11.0 Å². The fraction of sp³-hybridized carbons (Fsp3) is 0.929. The summed E-state index contributed by atoms with van der Waals surface area (Å²) in [6, 6.07) is 0.0775. The first-order valence-electron chi connectivity index (χ1n) is 6.42. The van der Waals surface area contributed by atoms with E-state index in [1.54, 1.807) is 0 Å². The number of carbonyl (C=O) groups excluding carboxylic acids is 1. The van der Waals surface area contributed by atoms with Crippen LogP contribution in [0.2, 0.25) is 0 Å². The maximum atomic E-state index is 12.5. The molecule has 2 aliphatic carbocycles. The van der Waals surface area contributed by atoms with E-state index in [9.17, 15) is 4.79 Å². The molecule has 0 unspecified atom stereocenters. The Morgan fingerprint density at radius 1 is 1.25 bits per heavy atom. The summed E-state index contributed by atoms with van der Waals surface area (Å²) in [6.45, 7) is 13.1. The predicted octanol–water partition coefficient (Wildman–Crippen LogP) is 2.77. The standard InChI is InChI=1S/C14H25NO/c1-12(2,3)15-10-9-7-8-14(6,11(10)16)13(9,4)5/h9-10,15H,7-8H2,1-6H3/t9-,10+,14+/m1/s1. The molecule has 2 fully saturated rings. The lowest BCUT2D eigenvalue weighted by Gasteiger charge is -2.32. The fourth-order valence-corrected chi connectivity index (χ4v) is 3.72. The second-order valence-electron chi connectivity index (χ2n) is 7.44. The summed E-state index contributed by atoms with van der Waals surface area (Å²) in [7, 11) is 0. The van der Waals surface area contributed by atoms with Crippen molar-refractivity contribution in [2.75, 3.05) is 0 Å². The minimum Gasteiger partial charge on any atom is -0.302 e. The van der Waals surface area contributed by atoms with Crippen LogP contribution in [0.5, 0.6) is 0 Å². The van der Waals surface area contributed by atoms with Crippen molar-refractivity contribution in [1.29, 1.82) is 0 Å². The molecule has 0 aromatic rings. The summed E-state index contributed by atoms with van der Waals surface area (Å²) < 4.78 is 0. The van der Waals surface area contributed by atoms with Crippen LogP contribution in [-0.2, 0) is 4.79 Å². The van der Waals surface area contributed by atoms with Gasteiger partial charge in [-0.3, -0.25) is 4.79 Å². The lowest BCUT2D eigenvalue weighted by atomic mass is 9.70. The highest BCUT2D eigenvalue weighted by atomic mass is 16.1. The zero-order valence-electron chi connectivity index (χ0n) is 11.5. The molecule has 2 heteroatoms. The van der Waals surface area contributed by atoms with Gasteiger partial charge in [0.25, 0.3) is 0 Å². The number of rotatable bonds is 1. The van der Waals surface area contributed by atoms with E-state index in [1.165, 1.54) is 6.42 Å². The molecule has 0 heterocycles. The van der Waals surface area contributed by atoms with Gasteiger partial charge in [-0.25, -0.2) is 0 Å². The summed E-state index contributed by atoms with van der Waals surface area (Å²) in [4.78, 5) is 12.5. The highest BCUT2D eigenvalue weighted by molar-refractivity contribution is 5.94. The Kier molecular flexibility index (Phi) is 2.34. The predicted molar refractivity (Wildman–Crippen MR) is 66.3 cm³/mol. The van der Waals surface area contributed by atoms with Gasteiger partial charge in [0.2, 0.25) is 0 Å². The van der Waals surface area contributed by atoms with Gasteiger partial charge >= 0.3 is 0 Å². The van der Waals surface area contributed by atoms with Gasteiger partial charge in [-0.15, -0.1) is 0 Å². The molecule has 2 rings (SSSR count). The average molecular weight is 223 g/mol. The monoisotopic (exact) mass is 223 g/mol. The smallest absolute Gasteiger partial charge is 0.156 e. The Morgan fingerprint density at radius 3 is 2.19 bits per heavy atom. The third-order valence-electron chi connectivity index (χ3n) is 5.12. The number of hydrogen-bond acceptors (Lipinski definition) is 2. The maximum absolute atomic E-state index is 12.5. The second kappa shape index (κ2) is 3.10. The maximum Gasteiger partial charge on any atom is 0.156 e. The van der Waals surface area contributed by atoms with Crippen LogP contribution in [0, 0.1) is 16.7 Å². The lowest BCUT2D eigenvalue weighted by Crippen LogP contribution is -2.51. The molecule has 0 radical (unpaired) electrons. The molecule has 0 spiro atoms. The highest BCUT2D eigenvalue weighted by Crippen LogP contribution is 2.63. The topological polar surface area (TPSA) is 29.1 Å². The number of nitrogens with one attached hydrogen (secondary N) is 1. The first kappa shape index (κ1) is 12.1. The normalized spacial score (nSPS) is 41.8. The van der Waals surface area contributed by atoms with Crippen LogP contribution in [-0.4, -0.2) is 17.4 Å². The van der Waals surface area contributed by atoms with Gasteiger partial charge in [-0.1, -0.05) is 20.8 Å². The molecule has 1 N–H and O–H groups in total. The molecule has 92 valence electrons. The Balaban J connectivity index is 2.30. The molecule has 0 amide bonds. The first-order valence-corrected chi connectivity index (χ1v) is 6.42. The molecule has 16 heavy (non-hydrogen) atoms. The van der Waals surface area contributed by atoms with Crippen molar-refractivity contribution >= 4 is 5.78 Å². The Labute approximate surface area is 99.2 Å². The van der Waals surface area contributed by atoms with Crippen LogP contribution in [0.3, 0.4) is 0 Å². The van der Waals surface area contributed by atoms with E-state index < -0.39 is 0 Å². The van der Waals surface area contributed by atoms with Crippen LogP contribution in [0.4, 0.5) is 0 Å². The van der Waals surface area contributed by atoms with Gasteiger partial charge in [0.1, 0.15) is 0 Å². The number of carbonyl (C=O) groups is 1. The van der Waals surface area contributed by atoms with Crippen LogP contribution < -0.4 is 5.32 Å². The molecular formula is C14H25NO. The second-order valence-corrected chi connectivity index (χ2v) is 7.44. The molecule has 0 saturated heterocycles. The summed E-state index contributed by atoms with van der Waals surface area (Å²) in [5, 5.41) is 3.53. The fourth-order valence-electron chi connectivity index (χ4n) is 3.72. The van der Waals surface area contributed by atoms with E-state index in [0.29, 0.717) is 11.7 Å². The van der Waals surface area contributed by atoms with Crippen molar-refractivity contribution in [3.63, 3.8) is 0 Å². The van der Waals surface area contributed by atoms with Crippen LogP contribution >= 0.6 is 0 Å². The lowest BCUT2D eigenvalue weighted by molar-refractivity contribution is -0.130. The molecule has 0 aromatic carbocycles. The quantitative estimate of drug-likeness (QED) is 0.740. The molecule has 0 aromatic heterocycles. The minimum atomic E-state index is -0.0966. The number of ketones is 1. The number of Topliss-reactive ketones (excluding diaryl/α,β-unsaturated/α-hetero) is 1. The summed E-state index contributed by atoms with van der Waals surface area (Å²) in [5.74, 6) is 0.966. The van der Waals surface area contributed by atoms with Crippen LogP contribution in [0.1, 0.15) is 54.4 Å². The van der Waals surface area contributed by atoms with Crippen LogP contribution in [0.15, 0.2) is 0 Å². The molecule has 3 atom stereocenters. The molecule has 2 nitrogen and oxygen atoms in total. The van der Waals surface area contributed by atoms with Crippen LogP contribution in [0.25, 0.3) is 0 Å². The van der Waals surface area contributed by atoms with Gasteiger partial charge in [0.15, 0.2) is 5.78 Å². The number of hydrogen-bond donors (Lipinski definition) is 1. The summed E-state index contributed by atoms with van der Waals surface area (Å²) >= 11 is 0. The number of fused-ring (bicyclic) bond motifs is 2. The Hall–Kier alpha value is -0.370. The van der Waals surface area contributed by atoms with E-state index in [-0.39, 0.29) is 22.4 Å². The van der Waals surface area contributed by atoms with Crippen molar-refractivity contribution in [1.82, 2.24) is 5.32 Å². The van der Waals surface area contributed by atoms with Crippen molar-refractivity contribution in [3.8, 4) is 0 Å². The third-order valence-corrected chi connectivity index (χ3v) is 5.12. The molecule has 0 aliphatic heterocycles. The SMILES string of the molecule is CC(C)(C)N[C@@H]1C(=O)[C@]2(C)CC[C@H]1C2(C)C. The molecule has 2 saturated carbocycles. The van der Waals surface area contributed by atoms with Crippen molar-refractivity contribution < 1.29 is 4.79 Å². The highest BCUT2D eigenvalue weighted by Gasteiger charge is 2.66. The minimum absolute atomic E-state index is 0.0250. The van der Waals surface area contributed by atoms with E-state index in [4.69, 9.17) is 0 Å². The average Bonchev–Trinajstić information content (AvgIpc) is 2.38. The largest absolute Gasteiger partial charge is 0.302 e.